The Hall–Kier alpha value is -2.40. The molecule has 5 heteroatoms. The molecule has 1 N–H and O–H groups in total. The highest BCUT2D eigenvalue weighted by molar-refractivity contribution is 5.82. The lowest BCUT2D eigenvalue weighted by atomic mass is 9.95. The van der Waals surface area contributed by atoms with E-state index in [0.717, 1.165) is 0 Å². The van der Waals surface area contributed by atoms with Gasteiger partial charge in [0.25, 0.3) is 0 Å². The maximum Gasteiger partial charge on any atom is 0.239 e. The van der Waals surface area contributed by atoms with E-state index in [-0.39, 0.29) is 24.3 Å². The Labute approximate surface area is 141 Å². The fraction of sp³-hybridized carbons (Fsp3) is 0.316. The van der Waals surface area contributed by atoms with Crippen LogP contribution >= 0.6 is 0 Å². The maximum absolute atomic E-state index is 13.5. The first-order valence-electron chi connectivity index (χ1n) is 8.07. The predicted molar refractivity (Wildman–Crippen MR) is 90.3 cm³/mol. The molecule has 0 bridgehead atoms. The molecule has 0 saturated heterocycles. The SMILES string of the molecule is CN(CCOc1ccccc1F)C(=O)C1Cc2ccccc2CN1. The average Bonchev–Trinajstić information content (AvgIpc) is 2.62. The summed E-state index contributed by atoms with van der Waals surface area (Å²) in [5.74, 6) is -0.151. The van der Waals surface area contributed by atoms with Crippen LogP contribution in [0.5, 0.6) is 5.75 Å². The summed E-state index contributed by atoms with van der Waals surface area (Å²) in [6.07, 6.45) is 0.688. The fourth-order valence-electron chi connectivity index (χ4n) is 2.86. The van der Waals surface area contributed by atoms with Crippen molar-refractivity contribution in [3.63, 3.8) is 0 Å². The van der Waals surface area contributed by atoms with Crippen molar-refractivity contribution in [1.82, 2.24) is 10.2 Å². The molecule has 2 aromatic carbocycles. The minimum absolute atomic E-state index is 0.0293. The van der Waals surface area contributed by atoms with Gasteiger partial charge in [-0.3, -0.25) is 4.79 Å². The molecule has 0 saturated carbocycles. The number of carbonyl (C=O) groups is 1. The van der Waals surface area contributed by atoms with Crippen LogP contribution in [0.25, 0.3) is 0 Å². The van der Waals surface area contributed by atoms with Crippen molar-refractivity contribution >= 4 is 5.91 Å². The summed E-state index contributed by atoms with van der Waals surface area (Å²) in [4.78, 5) is 14.2. The predicted octanol–water partition coefficient (Wildman–Crippen LogP) is 2.38. The van der Waals surface area contributed by atoms with Gasteiger partial charge in [0.2, 0.25) is 5.91 Å². The van der Waals surface area contributed by atoms with E-state index in [1.165, 1.54) is 17.2 Å². The van der Waals surface area contributed by atoms with Gasteiger partial charge in [-0.05, 0) is 29.7 Å². The van der Waals surface area contributed by atoms with Gasteiger partial charge in [0.15, 0.2) is 11.6 Å². The van der Waals surface area contributed by atoms with Gasteiger partial charge in [-0.1, -0.05) is 36.4 Å². The maximum atomic E-state index is 13.5. The molecule has 0 fully saturated rings. The van der Waals surface area contributed by atoms with E-state index in [1.54, 1.807) is 30.1 Å². The number of rotatable bonds is 5. The van der Waals surface area contributed by atoms with Gasteiger partial charge in [-0.25, -0.2) is 4.39 Å². The summed E-state index contributed by atoms with van der Waals surface area (Å²) in [7, 11) is 1.75. The summed E-state index contributed by atoms with van der Waals surface area (Å²) in [5, 5.41) is 3.28. The number of ether oxygens (including phenoxy) is 1. The number of para-hydroxylation sites is 1. The van der Waals surface area contributed by atoms with Crippen molar-refractivity contribution < 1.29 is 13.9 Å². The fourth-order valence-corrected chi connectivity index (χ4v) is 2.86. The number of likely N-dealkylation sites (N-methyl/N-ethyl adjacent to an activating group) is 1. The topological polar surface area (TPSA) is 41.6 Å². The van der Waals surface area contributed by atoms with E-state index in [9.17, 15) is 9.18 Å². The number of nitrogens with one attached hydrogen (secondary N) is 1. The molecule has 24 heavy (non-hydrogen) atoms. The van der Waals surface area contributed by atoms with E-state index in [0.29, 0.717) is 19.5 Å². The highest BCUT2D eigenvalue weighted by Gasteiger charge is 2.26. The number of hydrogen-bond donors (Lipinski definition) is 1. The van der Waals surface area contributed by atoms with Crippen molar-refractivity contribution in [2.45, 2.75) is 19.0 Å². The molecule has 1 atom stereocenters. The molecule has 4 nitrogen and oxygen atoms in total. The second kappa shape index (κ2) is 7.45. The number of nitrogens with zero attached hydrogens (tertiary/aromatic N) is 1. The summed E-state index contributed by atoms with van der Waals surface area (Å²) in [5.41, 5.74) is 2.46. The number of halogens is 1. The van der Waals surface area contributed by atoms with Gasteiger partial charge in [-0.15, -0.1) is 0 Å². The first kappa shape index (κ1) is 16.5. The standard InChI is InChI=1S/C19H21FN2O2/c1-22(10-11-24-18-9-5-4-8-16(18)20)19(23)17-12-14-6-2-3-7-15(14)13-21-17/h2-9,17,21H,10-13H2,1H3. The number of hydrogen-bond acceptors (Lipinski definition) is 3. The number of amides is 1. The molecular formula is C19H21FN2O2. The molecule has 3 rings (SSSR count). The zero-order valence-electron chi connectivity index (χ0n) is 13.7. The third-order valence-corrected chi connectivity index (χ3v) is 4.28. The lowest BCUT2D eigenvalue weighted by Gasteiger charge is -2.29. The Morgan fingerprint density at radius 3 is 2.71 bits per heavy atom. The van der Waals surface area contributed by atoms with Crippen LogP contribution in [0.15, 0.2) is 48.5 Å². The molecule has 1 aliphatic heterocycles. The molecule has 0 spiro atoms. The molecule has 1 heterocycles. The van der Waals surface area contributed by atoms with E-state index in [1.807, 2.05) is 12.1 Å². The third-order valence-electron chi connectivity index (χ3n) is 4.28. The minimum atomic E-state index is -0.392. The Balaban J connectivity index is 1.51. The lowest BCUT2D eigenvalue weighted by molar-refractivity contribution is -0.132. The van der Waals surface area contributed by atoms with Crippen LogP contribution in [0.2, 0.25) is 0 Å². The number of benzene rings is 2. The smallest absolute Gasteiger partial charge is 0.239 e. The summed E-state index contributed by atoms with van der Waals surface area (Å²) in [6, 6.07) is 14.2. The lowest BCUT2D eigenvalue weighted by Crippen LogP contribution is -2.49. The quantitative estimate of drug-likeness (QED) is 0.916. The van der Waals surface area contributed by atoms with Crippen LogP contribution in [0.1, 0.15) is 11.1 Å². The molecule has 1 aliphatic rings. The second-order valence-corrected chi connectivity index (χ2v) is 5.94. The molecule has 0 radical (unpaired) electrons. The van der Waals surface area contributed by atoms with E-state index < -0.39 is 5.82 Å². The first-order valence-corrected chi connectivity index (χ1v) is 8.07. The largest absolute Gasteiger partial charge is 0.489 e. The molecule has 0 aliphatic carbocycles. The van der Waals surface area contributed by atoms with Crippen molar-refractivity contribution in [2.75, 3.05) is 20.2 Å². The summed E-state index contributed by atoms with van der Waals surface area (Å²) >= 11 is 0. The van der Waals surface area contributed by atoms with E-state index >= 15 is 0 Å². The van der Waals surface area contributed by atoms with Crippen molar-refractivity contribution in [2.24, 2.45) is 0 Å². The van der Waals surface area contributed by atoms with Gasteiger partial charge in [0.05, 0.1) is 12.6 Å². The molecule has 126 valence electrons. The average molecular weight is 328 g/mol. The Kier molecular flexibility index (Phi) is 5.11. The summed E-state index contributed by atoms with van der Waals surface area (Å²) < 4.78 is 18.9. The minimum Gasteiger partial charge on any atom is -0.489 e. The van der Waals surface area contributed by atoms with Crippen LogP contribution < -0.4 is 10.1 Å². The van der Waals surface area contributed by atoms with Gasteiger partial charge >= 0.3 is 0 Å². The zero-order valence-corrected chi connectivity index (χ0v) is 13.7. The zero-order chi connectivity index (χ0) is 16.9. The van der Waals surface area contributed by atoms with Gasteiger partial charge in [-0.2, -0.15) is 0 Å². The van der Waals surface area contributed by atoms with Crippen LogP contribution in [0.3, 0.4) is 0 Å². The molecule has 2 aromatic rings. The summed E-state index contributed by atoms with van der Waals surface area (Å²) in [6.45, 7) is 1.37. The van der Waals surface area contributed by atoms with Crippen LogP contribution in [-0.4, -0.2) is 37.0 Å². The highest BCUT2D eigenvalue weighted by atomic mass is 19.1. The van der Waals surface area contributed by atoms with E-state index in [4.69, 9.17) is 4.74 Å². The van der Waals surface area contributed by atoms with Crippen LogP contribution in [0, 0.1) is 5.82 Å². The van der Waals surface area contributed by atoms with Crippen LogP contribution in [0.4, 0.5) is 4.39 Å². The van der Waals surface area contributed by atoms with E-state index in [2.05, 4.69) is 17.4 Å². The van der Waals surface area contributed by atoms with Gasteiger partial charge in [0, 0.05) is 13.6 Å². The molecule has 1 amide bonds. The Morgan fingerprint density at radius 1 is 1.21 bits per heavy atom. The van der Waals surface area contributed by atoms with Crippen molar-refractivity contribution in [1.29, 1.82) is 0 Å². The Morgan fingerprint density at radius 2 is 1.92 bits per heavy atom. The molecule has 1 unspecified atom stereocenters. The molecular weight excluding hydrogens is 307 g/mol. The van der Waals surface area contributed by atoms with Crippen LogP contribution in [-0.2, 0) is 17.8 Å². The Bertz CT molecular complexity index is 720. The van der Waals surface area contributed by atoms with Crippen molar-refractivity contribution in [3.8, 4) is 5.75 Å². The second-order valence-electron chi connectivity index (χ2n) is 5.94. The normalized spacial score (nSPS) is 16.3. The third kappa shape index (κ3) is 3.74. The highest BCUT2D eigenvalue weighted by Crippen LogP contribution is 2.18. The van der Waals surface area contributed by atoms with Gasteiger partial charge in [0.1, 0.15) is 6.61 Å². The van der Waals surface area contributed by atoms with Gasteiger partial charge < -0.3 is 15.0 Å². The van der Waals surface area contributed by atoms with Crippen molar-refractivity contribution in [3.05, 3.63) is 65.5 Å². The number of fused-ring (bicyclic) bond motifs is 1. The monoisotopic (exact) mass is 328 g/mol. The first-order chi connectivity index (χ1) is 11.6. The number of carbonyl (C=O) groups excluding carboxylic acids is 1. The molecule has 0 aromatic heterocycles.